The van der Waals surface area contributed by atoms with Crippen molar-refractivity contribution in [1.29, 1.82) is 0 Å². The van der Waals surface area contributed by atoms with Crippen LogP contribution >= 0.6 is 11.3 Å². The Kier molecular flexibility index (Phi) is 4.29. The Bertz CT molecular complexity index is 1020. The Morgan fingerprint density at radius 2 is 2.00 bits per heavy atom. The third-order valence-electron chi connectivity index (χ3n) is 4.39. The fraction of sp³-hybridized carbons (Fsp3) is 0.100. The van der Waals surface area contributed by atoms with Crippen molar-refractivity contribution in [2.75, 3.05) is 0 Å². The van der Waals surface area contributed by atoms with Gasteiger partial charge in [-0.15, -0.1) is 11.3 Å². The molecule has 2 aromatic heterocycles. The minimum atomic E-state index is -0.829. The number of thiophene rings is 1. The average Bonchev–Trinajstić information content (AvgIpc) is 3.40. The summed E-state index contributed by atoms with van der Waals surface area (Å²) >= 11 is 1.24. The van der Waals surface area contributed by atoms with Crippen molar-refractivity contribution in [2.24, 2.45) is 0 Å². The van der Waals surface area contributed by atoms with Gasteiger partial charge in [0.2, 0.25) is 5.78 Å². The number of aliphatic hydroxyl groups is 1. The molecule has 7 heteroatoms. The molecule has 0 spiro atoms. The van der Waals surface area contributed by atoms with Gasteiger partial charge < -0.3 is 19.5 Å². The molecule has 2 N–H and O–H groups in total. The van der Waals surface area contributed by atoms with Crippen molar-refractivity contribution in [3.63, 3.8) is 0 Å². The molecule has 0 saturated heterocycles. The van der Waals surface area contributed by atoms with Crippen LogP contribution in [0, 0.1) is 0 Å². The number of phenolic OH excluding ortho intramolecular Hbond substituents is 1. The lowest BCUT2D eigenvalue weighted by atomic mass is 9.95. The molecule has 1 aliphatic rings. The van der Waals surface area contributed by atoms with E-state index >= 15 is 0 Å². The number of aromatic hydroxyl groups is 1. The highest BCUT2D eigenvalue weighted by Gasteiger charge is 2.44. The Balaban J connectivity index is 1.81. The normalized spacial score (nSPS) is 17.0. The molecule has 27 heavy (non-hydrogen) atoms. The monoisotopic (exact) mass is 381 g/mol. The highest BCUT2D eigenvalue weighted by Crippen LogP contribution is 2.41. The van der Waals surface area contributed by atoms with Crippen molar-refractivity contribution in [3.8, 4) is 5.75 Å². The summed E-state index contributed by atoms with van der Waals surface area (Å²) in [6, 6.07) is 12.3. The molecular formula is C20H15NO5S. The number of hydrogen-bond donors (Lipinski definition) is 2. The second-order valence-corrected chi connectivity index (χ2v) is 7.03. The van der Waals surface area contributed by atoms with Crippen molar-refractivity contribution in [1.82, 2.24) is 4.90 Å². The predicted octanol–water partition coefficient (Wildman–Crippen LogP) is 3.83. The van der Waals surface area contributed by atoms with Crippen LogP contribution in [0.25, 0.3) is 0 Å². The van der Waals surface area contributed by atoms with E-state index in [4.69, 9.17) is 4.42 Å². The standard InChI is InChI=1S/C20H15NO5S/c22-13-5-1-4-12(10-13)17-16(18(23)15-7-3-9-27-15)19(24)20(25)21(17)11-14-6-2-8-26-14/h1-10,17,22,24H,11H2. The van der Waals surface area contributed by atoms with Crippen LogP contribution in [0.15, 0.2) is 75.9 Å². The van der Waals surface area contributed by atoms with Crippen molar-refractivity contribution < 1.29 is 24.2 Å². The summed E-state index contributed by atoms with van der Waals surface area (Å²) in [5.41, 5.74) is 0.526. The molecule has 1 unspecified atom stereocenters. The van der Waals surface area contributed by atoms with E-state index in [2.05, 4.69) is 0 Å². The van der Waals surface area contributed by atoms with E-state index in [1.54, 1.807) is 41.8 Å². The van der Waals surface area contributed by atoms with E-state index in [1.807, 2.05) is 0 Å². The second kappa shape index (κ2) is 6.77. The Morgan fingerprint density at radius 3 is 2.67 bits per heavy atom. The minimum Gasteiger partial charge on any atom is -0.508 e. The van der Waals surface area contributed by atoms with Crippen LogP contribution in [0.4, 0.5) is 0 Å². The number of benzene rings is 1. The topological polar surface area (TPSA) is 91.0 Å². The first kappa shape index (κ1) is 17.1. The van der Waals surface area contributed by atoms with Crippen LogP contribution in [-0.2, 0) is 11.3 Å². The second-order valence-electron chi connectivity index (χ2n) is 6.08. The molecule has 1 amide bonds. The number of carbonyl (C=O) groups is 2. The van der Waals surface area contributed by atoms with E-state index in [0.717, 1.165) is 0 Å². The zero-order valence-electron chi connectivity index (χ0n) is 14.0. The molecule has 4 rings (SSSR count). The molecule has 136 valence electrons. The van der Waals surface area contributed by atoms with E-state index in [0.29, 0.717) is 16.2 Å². The summed E-state index contributed by atoms with van der Waals surface area (Å²) < 4.78 is 5.33. The predicted molar refractivity (Wildman–Crippen MR) is 98.4 cm³/mol. The molecule has 1 atom stereocenters. The van der Waals surface area contributed by atoms with Gasteiger partial charge in [0.25, 0.3) is 5.91 Å². The number of Topliss-reactive ketones (excluding diaryl/α,β-unsaturated/α-hetero) is 1. The SMILES string of the molecule is O=C(C1=C(O)C(=O)N(Cc2ccco2)C1c1cccc(O)c1)c1cccs1. The van der Waals surface area contributed by atoms with Gasteiger partial charge in [0.1, 0.15) is 11.5 Å². The van der Waals surface area contributed by atoms with Gasteiger partial charge in [-0.1, -0.05) is 18.2 Å². The fourth-order valence-electron chi connectivity index (χ4n) is 3.20. The first-order valence-corrected chi connectivity index (χ1v) is 9.08. The zero-order chi connectivity index (χ0) is 19.0. The summed E-state index contributed by atoms with van der Waals surface area (Å²) in [7, 11) is 0. The smallest absolute Gasteiger partial charge is 0.290 e. The maximum atomic E-state index is 13.0. The van der Waals surface area contributed by atoms with Gasteiger partial charge >= 0.3 is 0 Å². The number of aliphatic hydroxyl groups excluding tert-OH is 1. The summed E-state index contributed by atoms with van der Waals surface area (Å²) in [5, 5.41) is 22.1. The van der Waals surface area contributed by atoms with Crippen LogP contribution in [-0.4, -0.2) is 26.8 Å². The number of ketones is 1. The number of rotatable bonds is 5. The molecule has 0 fully saturated rings. The minimum absolute atomic E-state index is 0.000365. The van der Waals surface area contributed by atoms with Gasteiger partial charge in [-0.2, -0.15) is 0 Å². The molecule has 0 aliphatic carbocycles. The van der Waals surface area contributed by atoms with Gasteiger partial charge in [-0.25, -0.2) is 0 Å². The average molecular weight is 381 g/mol. The van der Waals surface area contributed by atoms with Crippen LogP contribution in [0.5, 0.6) is 5.75 Å². The lowest BCUT2D eigenvalue weighted by Crippen LogP contribution is -2.30. The Morgan fingerprint density at radius 1 is 1.15 bits per heavy atom. The maximum absolute atomic E-state index is 13.0. The van der Waals surface area contributed by atoms with Crippen molar-refractivity contribution in [2.45, 2.75) is 12.6 Å². The molecule has 6 nitrogen and oxygen atoms in total. The Hall–Kier alpha value is -3.32. The van der Waals surface area contributed by atoms with E-state index in [9.17, 15) is 19.8 Å². The number of amides is 1. The molecule has 1 aromatic carbocycles. The Labute approximate surface area is 158 Å². The number of hydrogen-bond acceptors (Lipinski definition) is 6. The summed E-state index contributed by atoms with van der Waals surface area (Å²) in [5.74, 6) is -1.11. The van der Waals surface area contributed by atoms with Crippen molar-refractivity contribution in [3.05, 3.63) is 87.7 Å². The largest absolute Gasteiger partial charge is 0.508 e. The quantitative estimate of drug-likeness (QED) is 0.656. The zero-order valence-corrected chi connectivity index (χ0v) is 14.8. The summed E-state index contributed by atoms with van der Waals surface area (Å²) in [4.78, 5) is 27.5. The van der Waals surface area contributed by atoms with Gasteiger partial charge in [0.05, 0.1) is 29.3 Å². The molecular weight excluding hydrogens is 366 g/mol. The highest BCUT2D eigenvalue weighted by atomic mass is 32.1. The van der Waals surface area contributed by atoms with Crippen LogP contribution < -0.4 is 0 Å². The van der Waals surface area contributed by atoms with E-state index in [1.165, 1.54) is 34.6 Å². The first-order chi connectivity index (χ1) is 13.1. The molecule has 1 aliphatic heterocycles. The third kappa shape index (κ3) is 3.02. The van der Waals surface area contributed by atoms with Crippen LogP contribution in [0.2, 0.25) is 0 Å². The van der Waals surface area contributed by atoms with E-state index < -0.39 is 23.5 Å². The molecule has 3 aromatic rings. The van der Waals surface area contributed by atoms with Gasteiger partial charge in [-0.05, 0) is 41.3 Å². The van der Waals surface area contributed by atoms with Crippen LogP contribution in [0.3, 0.4) is 0 Å². The van der Waals surface area contributed by atoms with Crippen LogP contribution in [0.1, 0.15) is 27.0 Å². The van der Waals surface area contributed by atoms with Gasteiger partial charge in [0, 0.05) is 0 Å². The maximum Gasteiger partial charge on any atom is 0.290 e. The van der Waals surface area contributed by atoms with E-state index in [-0.39, 0.29) is 17.9 Å². The lowest BCUT2D eigenvalue weighted by Gasteiger charge is -2.26. The van der Waals surface area contributed by atoms with Gasteiger partial charge in [0.15, 0.2) is 5.76 Å². The third-order valence-corrected chi connectivity index (χ3v) is 5.25. The summed E-state index contributed by atoms with van der Waals surface area (Å²) in [6.45, 7) is 0.0808. The highest BCUT2D eigenvalue weighted by molar-refractivity contribution is 7.12. The number of nitrogens with zero attached hydrogens (tertiary/aromatic N) is 1. The number of furan rings is 1. The summed E-state index contributed by atoms with van der Waals surface area (Å²) in [6.07, 6.45) is 1.49. The first-order valence-electron chi connectivity index (χ1n) is 8.20. The number of phenols is 1. The number of carbonyl (C=O) groups excluding carboxylic acids is 2. The fourth-order valence-corrected chi connectivity index (χ4v) is 3.88. The lowest BCUT2D eigenvalue weighted by molar-refractivity contribution is -0.130. The molecule has 0 bridgehead atoms. The molecule has 0 saturated carbocycles. The molecule has 0 radical (unpaired) electrons. The molecule has 3 heterocycles. The van der Waals surface area contributed by atoms with Crippen molar-refractivity contribution >= 4 is 23.0 Å². The van der Waals surface area contributed by atoms with Gasteiger partial charge in [-0.3, -0.25) is 9.59 Å².